The molecule has 0 fully saturated rings. The number of sulfone groups is 1. The van der Waals surface area contributed by atoms with Gasteiger partial charge in [-0.25, -0.2) is 8.42 Å². The molecule has 1 unspecified atom stereocenters. The fraction of sp³-hybridized carbons (Fsp3) is 0.417. The molecule has 20 heavy (non-hydrogen) atoms. The van der Waals surface area contributed by atoms with Gasteiger partial charge in [-0.1, -0.05) is 11.6 Å². The van der Waals surface area contributed by atoms with Gasteiger partial charge >= 0.3 is 0 Å². The number of nitrogens with two attached hydrogens (primary N) is 1. The second kappa shape index (κ2) is 6.92. The number of hydrogen-bond acceptors (Lipinski definition) is 5. The van der Waals surface area contributed by atoms with Gasteiger partial charge in [-0.15, -0.1) is 0 Å². The third-order valence-electron chi connectivity index (χ3n) is 2.74. The molecule has 0 spiro atoms. The summed E-state index contributed by atoms with van der Waals surface area (Å²) in [5.41, 5.74) is 5.81. The lowest BCUT2D eigenvalue weighted by atomic mass is 10.3. The van der Waals surface area contributed by atoms with Crippen molar-refractivity contribution in [2.45, 2.75) is 17.1 Å². The topological polar surface area (TPSA) is 98.5 Å². The number of halogens is 1. The number of ether oxygens (including phenoxy) is 1. The van der Waals surface area contributed by atoms with Crippen LogP contribution in [-0.4, -0.2) is 39.8 Å². The summed E-state index contributed by atoms with van der Waals surface area (Å²) in [6, 6.07) is 3.96. The normalized spacial score (nSPS) is 12.9. The molecule has 0 saturated carbocycles. The number of methoxy groups -OCH3 is 1. The SMILES string of the molecule is COCCNC(=O)C(C)S(=O)(=O)c1ccc(N)c(Cl)c1. The first-order chi connectivity index (χ1) is 9.30. The third kappa shape index (κ3) is 3.84. The van der Waals surface area contributed by atoms with Gasteiger partial charge < -0.3 is 15.8 Å². The lowest BCUT2D eigenvalue weighted by Crippen LogP contribution is -2.39. The molecule has 1 amide bonds. The summed E-state index contributed by atoms with van der Waals surface area (Å²) < 4.78 is 29.3. The number of amides is 1. The predicted molar refractivity (Wildman–Crippen MR) is 77.4 cm³/mol. The zero-order valence-electron chi connectivity index (χ0n) is 11.2. The first-order valence-corrected chi connectivity index (χ1v) is 7.78. The van der Waals surface area contributed by atoms with E-state index in [0.717, 1.165) is 0 Å². The lowest BCUT2D eigenvalue weighted by Gasteiger charge is -2.13. The molecule has 0 aliphatic heterocycles. The summed E-state index contributed by atoms with van der Waals surface area (Å²) in [6.45, 7) is 1.88. The molecule has 1 atom stereocenters. The molecular weight excluding hydrogens is 304 g/mol. The van der Waals surface area contributed by atoms with Gasteiger partial charge in [0, 0.05) is 13.7 Å². The molecule has 1 aromatic rings. The van der Waals surface area contributed by atoms with E-state index in [9.17, 15) is 13.2 Å². The van der Waals surface area contributed by atoms with Crippen molar-refractivity contribution in [3.05, 3.63) is 23.2 Å². The number of benzene rings is 1. The Balaban J connectivity index is 2.91. The molecule has 112 valence electrons. The van der Waals surface area contributed by atoms with Gasteiger partial charge in [0.15, 0.2) is 9.84 Å². The Bertz CT molecular complexity index is 589. The number of nitrogen functional groups attached to an aromatic ring is 1. The van der Waals surface area contributed by atoms with Crippen LogP contribution < -0.4 is 11.1 Å². The molecule has 0 aliphatic carbocycles. The molecule has 0 radical (unpaired) electrons. The molecule has 0 saturated heterocycles. The van der Waals surface area contributed by atoms with Gasteiger partial charge in [0.25, 0.3) is 0 Å². The minimum Gasteiger partial charge on any atom is -0.398 e. The van der Waals surface area contributed by atoms with Crippen LogP contribution in [0.15, 0.2) is 23.1 Å². The lowest BCUT2D eigenvalue weighted by molar-refractivity contribution is -0.120. The average Bonchev–Trinajstić information content (AvgIpc) is 2.40. The zero-order chi connectivity index (χ0) is 15.3. The number of carbonyl (C=O) groups is 1. The number of hydrogen-bond donors (Lipinski definition) is 2. The first-order valence-electron chi connectivity index (χ1n) is 5.86. The predicted octanol–water partition coefficient (Wildman–Crippen LogP) is 0.847. The Labute approximate surface area is 123 Å². The van der Waals surface area contributed by atoms with E-state index in [-0.39, 0.29) is 22.2 Å². The van der Waals surface area contributed by atoms with Gasteiger partial charge in [-0.05, 0) is 25.1 Å². The van der Waals surface area contributed by atoms with Crippen LogP contribution in [-0.2, 0) is 19.4 Å². The van der Waals surface area contributed by atoms with E-state index in [2.05, 4.69) is 5.32 Å². The summed E-state index contributed by atoms with van der Waals surface area (Å²) in [5.74, 6) is -0.588. The minimum absolute atomic E-state index is 0.0360. The largest absolute Gasteiger partial charge is 0.398 e. The number of nitrogens with one attached hydrogen (secondary N) is 1. The van der Waals surface area contributed by atoms with Crippen molar-refractivity contribution in [3.8, 4) is 0 Å². The summed E-state index contributed by atoms with van der Waals surface area (Å²) in [6.07, 6.45) is 0. The van der Waals surface area contributed by atoms with Crippen molar-refractivity contribution in [1.82, 2.24) is 5.32 Å². The quantitative estimate of drug-likeness (QED) is 0.598. The Morgan fingerprint density at radius 2 is 2.15 bits per heavy atom. The van der Waals surface area contributed by atoms with E-state index in [1.54, 1.807) is 0 Å². The standard InChI is InChI=1S/C12H17ClN2O4S/c1-8(12(16)15-5-6-19-2)20(17,18)9-3-4-11(14)10(13)7-9/h3-4,7-8H,5-6,14H2,1-2H3,(H,15,16). The van der Waals surface area contributed by atoms with Crippen molar-refractivity contribution in [2.24, 2.45) is 0 Å². The summed E-state index contributed by atoms with van der Waals surface area (Å²) in [4.78, 5) is 11.8. The zero-order valence-corrected chi connectivity index (χ0v) is 12.8. The van der Waals surface area contributed by atoms with Crippen molar-refractivity contribution >= 4 is 33.0 Å². The Hall–Kier alpha value is -1.31. The highest BCUT2D eigenvalue weighted by Gasteiger charge is 2.29. The first kappa shape index (κ1) is 16.7. The van der Waals surface area contributed by atoms with Crippen molar-refractivity contribution < 1.29 is 17.9 Å². The molecule has 3 N–H and O–H groups in total. The van der Waals surface area contributed by atoms with Crippen LogP contribution in [0, 0.1) is 0 Å². The second-order valence-corrected chi connectivity index (χ2v) is 6.83. The Kier molecular flexibility index (Phi) is 5.79. The Morgan fingerprint density at radius 1 is 1.50 bits per heavy atom. The molecule has 1 aromatic carbocycles. The highest BCUT2D eigenvalue weighted by molar-refractivity contribution is 7.92. The Morgan fingerprint density at radius 3 is 2.70 bits per heavy atom. The minimum atomic E-state index is -3.81. The maximum Gasteiger partial charge on any atom is 0.238 e. The molecular formula is C12H17ClN2O4S. The van der Waals surface area contributed by atoms with E-state index in [0.29, 0.717) is 6.61 Å². The smallest absolute Gasteiger partial charge is 0.238 e. The molecule has 0 aliphatic rings. The van der Waals surface area contributed by atoms with Crippen molar-refractivity contribution in [1.29, 1.82) is 0 Å². The average molecular weight is 321 g/mol. The molecule has 0 aromatic heterocycles. The summed E-state index contributed by atoms with van der Waals surface area (Å²) >= 11 is 5.80. The van der Waals surface area contributed by atoms with Crippen LogP contribution in [0.5, 0.6) is 0 Å². The second-order valence-electron chi connectivity index (χ2n) is 4.15. The monoisotopic (exact) mass is 320 g/mol. The van der Waals surface area contributed by atoms with Crippen LogP contribution >= 0.6 is 11.6 Å². The van der Waals surface area contributed by atoms with Gasteiger partial charge in [-0.3, -0.25) is 4.79 Å². The van der Waals surface area contributed by atoms with E-state index in [1.807, 2.05) is 0 Å². The van der Waals surface area contributed by atoms with E-state index in [4.69, 9.17) is 22.1 Å². The van der Waals surface area contributed by atoms with E-state index in [1.165, 1.54) is 32.2 Å². The fourth-order valence-electron chi connectivity index (χ4n) is 1.45. The van der Waals surface area contributed by atoms with Crippen LogP contribution in [0.2, 0.25) is 5.02 Å². The molecule has 0 heterocycles. The van der Waals surface area contributed by atoms with Gasteiger partial charge in [0.1, 0.15) is 5.25 Å². The van der Waals surface area contributed by atoms with Gasteiger partial charge in [0.05, 0.1) is 22.2 Å². The van der Waals surface area contributed by atoms with Crippen molar-refractivity contribution in [3.63, 3.8) is 0 Å². The molecule has 8 heteroatoms. The maximum absolute atomic E-state index is 12.3. The van der Waals surface area contributed by atoms with Crippen LogP contribution in [0.25, 0.3) is 0 Å². The number of carbonyl (C=O) groups excluding carboxylic acids is 1. The highest BCUT2D eigenvalue weighted by Crippen LogP contribution is 2.24. The number of rotatable bonds is 6. The highest BCUT2D eigenvalue weighted by atomic mass is 35.5. The van der Waals surface area contributed by atoms with Crippen molar-refractivity contribution in [2.75, 3.05) is 26.0 Å². The molecule has 6 nitrogen and oxygen atoms in total. The van der Waals surface area contributed by atoms with E-state index >= 15 is 0 Å². The van der Waals surface area contributed by atoms with Crippen LogP contribution in [0.1, 0.15) is 6.92 Å². The maximum atomic E-state index is 12.3. The summed E-state index contributed by atoms with van der Waals surface area (Å²) in [5, 5.41) is 1.40. The van der Waals surface area contributed by atoms with Crippen LogP contribution in [0.4, 0.5) is 5.69 Å². The third-order valence-corrected chi connectivity index (χ3v) is 5.12. The fourth-order valence-corrected chi connectivity index (χ4v) is 3.01. The van der Waals surface area contributed by atoms with E-state index < -0.39 is 21.0 Å². The summed E-state index contributed by atoms with van der Waals surface area (Å²) in [7, 11) is -2.32. The molecule has 1 rings (SSSR count). The van der Waals surface area contributed by atoms with Gasteiger partial charge in [0.2, 0.25) is 5.91 Å². The van der Waals surface area contributed by atoms with Crippen LogP contribution in [0.3, 0.4) is 0 Å². The van der Waals surface area contributed by atoms with Gasteiger partial charge in [-0.2, -0.15) is 0 Å². The number of anilines is 1. The molecule has 0 bridgehead atoms.